The van der Waals surface area contributed by atoms with E-state index in [-0.39, 0.29) is 5.91 Å². The van der Waals surface area contributed by atoms with Crippen LogP contribution in [0.15, 0.2) is 29.3 Å². The van der Waals surface area contributed by atoms with E-state index in [2.05, 4.69) is 0 Å². The van der Waals surface area contributed by atoms with Gasteiger partial charge in [-0.15, -0.1) is 0 Å². The number of rotatable bonds is 1. The zero-order valence-corrected chi connectivity index (χ0v) is 10.2. The Balaban J connectivity index is 2.37. The minimum Gasteiger partial charge on any atom is -0.296 e. The molecule has 0 bridgehead atoms. The summed E-state index contributed by atoms with van der Waals surface area (Å²) >= 11 is 6.31. The van der Waals surface area contributed by atoms with E-state index in [1.165, 1.54) is 16.7 Å². The number of carbonyl (C=O) groups is 1. The predicted molar refractivity (Wildman–Crippen MR) is 68.3 cm³/mol. The Morgan fingerprint density at radius 2 is 2.31 bits per heavy atom. The summed E-state index contributed by atoms with van der Waals surface area (Å²) in [5, 5.41) is 0. The van der Waals surface area contributed by atoms with E-state index in [0.717, 1.165) is 0 Å². The van der Waals surface area contributed by atoms with Crippen molar-refractivity contribution in [1.82, 2.24) is 4.90 Å². The van der Waals surface area contributed by atoms with Crippen LogP contribution < -0.4 is 10.3 Å². The van der Waals surface area contributed by atoms with Gasteiger partial charge in [-0.2, -0.15) is 0 Å². The molecule has 0 aromatic carbocycles. The minimum atomic E-state index is -0.0919. The fraction of sp³-hybridized carbons (Fsp3) is 0.100. The molecule has 6 heteroatoms. The summed E-state index contributed by atoms with van der Waals surface area (Å²) in [4.78, 5) is 13.8. The van der Waals surface area contributed by atoms with Gasteiger partial charge in [0.2, 0.25) is 0 Å². The molecule has 1 amide bonds. The van der Waals surface area contributed by atoms with E-state index in [0.29, 0.717) is 15.0 Å². The number of nitrogens with two attached hydrogens (primary N) is 1. The van der Waals surface area contributed by atoms with Crippen molar-refractivity contribution in [2.45, 2.75) is 0 Å². The molecule has 0 radical (unpaired) electrons. The molecule has 82 valence electrons. The number of hydrogen-bond acceptors (Lipinski definition) is 4. The van der Waals surface area contributed by atoms with Crippen molar-refractivity contribution in [2.75, 3.05) is 12.8 Å². The summed E-state index contributed by atoms with van der Waals surface area (Å²) in [5.41, 5.74) is 5.76. The second kappa shape index (κ2) is 4.23. The maximum absolute atomic E-state index is 11.7. The molecule has 1 aromatic heterocycles. The van der Waals surface area contributed by atoms with Gasteiger partial charge in [-0.25, -0.2) is 4.57 Å². The van der Waals surface area contributed by atoms with Crippen LogP contribution in [0.3, 0.4) is 0 Å². The van der Waals surface area contributed by atoms with Crippen molar-refractivity contribution in [3.8, 4) is 0 Å². The van der Waals surface area contributed by atoms with Crippen molar-refractivity contribution in [1.29, 1.82) is 0 Å². The molecule has 0 atom stereocenters. The zero-order chi connectivity index (χ0) is 11.7. The Hall–Kier alpha value is -1.40. The third-order valence-electron chi connectivity index (χ3n) is 2.17. The number of likely N-dealkylation sites (N-methyl/N-ethyl adjacent to an activating group) is 1. The lowest BCUT2D eigenvalue weighted by Gasteiger charge is -2.03. The number of anilines is 1. The molecule has 0 unspecified atom stereocenters. The van der Waals surface area contributed by atoms with Gasteiger partial charge in [-0.05, 0) is 6.07 Å². The summed E-state index contributed by atoms with van der Waals surface area (Å²) in [5.74, 6) is 0.481. The maximum atomic E-state index is 11.7. The number of pyridine rings is 1. The number of nitrogens with zero attached hydrogens (tertiary/aromatic N) is 2. The fourth-order valence-corrected chi connectivity index (χ4v) is 2.40. The highest BCUT2D eigenvalue weighted by atomic mass is 32.2. The Bertz CT molecular complexity index is 499. The zero-order valence-electron chi connectivity index (χ0n) is 8.58. The highest BCUT2D eigenvalue weighted by molar-refractivity contribution is 8.26. The van der Waals surface area contributed by atoms with Crippen molar-refractivity contribution >= 4 is 46.2 Å². The number of thiocarbonyl (C=S) groups is 1. The normalized spacial score (nSPS) is 18.6. The van der Waals surface area contributed by atoms with Crippen LogP contribution in [0.2, 0.25) is 0 Å². The molecule has 16 heavy (non-hydrogen) atoms. The summed E-state index contributed by atoms with van der Waals surface area (Å²) in [7, 11) is 1.66. The van der Waals surface area contributed by atoms with E-state index in [1.54, 1.807) is 30.1 Å². The molecule has 2 rings (SSSR count). The average Bonchev–Trinajstić information content (AvgIpc) is 2.50. The van der Waals surface area contributed by atoms with Crippen LogP contribution in [0.1, 0.15) is 0 Å². The highest BCUT2D eigenvalue weighted by Crippen LogP contribution is 2.29. The standard InChI is InChI=1S/C10H9N3OS2/c1-12-9(14)7(16-10(12)15)6-13-5-3-2-4-8(13)11/h2-6,11H,1H3/p+1/b7-6+. The van der Waals surface area contributed by atoms with E-state index in [1.807, 2.05) is 12.1 Å². The van der Waals surface area contributed by atoms with E-state index < -0.39 is 0 Å². The lowest BCUT2D eigenvalue weighted by Crippen LogP contribution is -2.31. The molecule has 2 N–H and O–H groups in total. The second-order valence-electron chi connectivity index (χ2n) is 3.26. The molecule has 1 aromatic rings. The molecular formula is C10H10N3OS2+. The van der Waals surface area contributed by atoms with Crippen molar-refractivity contribution < 1.29 is 9.36 Å². The van der Waals surface area contributed by atoms with Crippen molar-refractivity contribution in [3.63, 3.8) is 0 Å². The Kier molecular flexibility index (Phi) is 2.93. The van der Waals surface area contributed by atoms with Crippen molar-refractivity contribution in [2.24, 2.45) is 0 Å². The van der Waals surface area contributed by atoms with Gasteiger partial charge in [0.15, 0.2) is 0 Å². The van der Waals surface area contributed by atoms with Crippen LogP contribution >= 0.6 is 24.0 Å². The van der Waals surface area contributed by atoms with Crippen LogP contribution in [-0.4, -0.2) is 22.2 Å². The first-order valence-electron chi connectivity index (χ1n) is 4.57. The third-order valence-corrected chi connectivity index (χ3v) is 3.64. The quantitative estimate of drug-likeness (QED) is 0.457. The molecule has 0 saturated carbocycles. The van der Waals surface area contributed by atoms with Gasteiger partial charge in [0.05, 0.1) is 6.20 Å². The summed E-state index contributed by atoms with van der Waals surface area (Å²) in [6.07, 6.45) is 3.48. The number of thioether (sulfide) groups is 1. The predicted octanol–water partition coefficient (Wildman–Crippen LogP) is 0.845. The SMILES string of the molecule is CN1C(=O)/C(=C\[n+]2ccccc2N)SC1=S. The Morgan fingerprint density at radius 3 is 2.88 bits per heavy atom. The number of carbonyl (C=O) groups excluding carboxylic acids is 1. The molecule has 1 aliphatic heterocycles. The molecular weight excluding hydrogens is 242 g/mol. The van der Waals surface area contributed by atoms with E-state index in [4.69, 9.17) is 18.0 Å². The third kappa shape index (κ3) is 1.94. The van der Waals surface area contributed by atoms with Gasteiger partial charge in [-0.3, -0.25) is 15.4 Å². The molecule has 1 fully saturated rings. The second-order valence-corrected chi connectivity index (χ2v) is 4.93. The molecule has 0 spiro atoms. The van der Waals surface area contributed by atoms with Gasteiger partial charge in [0.25, 0.3) is 11.7 Å². The molecule has 1 aliphatic rings. The van der Waals surface area contributed by atoms with Crippen LogP contribution in [0.5, 0.6) is 0 Å². The molecule has 0 aliphatic carbocycles. The van der Waals surface area contributed by atoms with Gasteiger partial charge in [0, 0.05) is 13.1 Å². The van der Waals surface area contributed by atoms with Crippen LogP contribution in [0.4, 0.5) is 5.82 Å². The minimum absolute atomic E-state index is 0.0919. The first kappa shape index (κ1) is 11.1. The van der Waals surface area contributed by atoms with Crippen molar-refractivity contribution in [3.05, 3.63) is 29.3 Å². The highest BCUT2D eigenvalue weighted by Gasteiger charge is 2.29. The largest absolute Gasteiger partial charge is 0.296 e. The average molecular weight is 252 g/mol. The van der Waals surface area contributed by atoms with E-state index >= 15 is 0 Å². The monoisotopic (exact) mass is 252 g/mol. The van der Waals surface area contributed by atoms with Gasteiger partial charge in [-0.1, -0.05) is 30.0 Å². The Labute approximate surface area is 103 Å². The number of hydrogen-bond donors (Lipinski definition) is 1. The smallest absolute Gasteiger partial charge is 0.276 e. The Morgan fingerprint density at radius 1 is 1.56 bits per heavy atom. The first-order valence-corrected chi connectivity index (χ1v) is 5.79. The van der Waals surface area contributed by atoms with Gasteiger partial charge < -0.3 is 0 Å². The van der Waals surface area contributed by atoms with E-state index in [9.17, 15) is 4.79 Å². The number of aromatic nitrogens is 1. The summed E-state index contributed by atoms with van der Waals surface area (Å²) in [6.45, 7) is 0. The fourth-order valence-electron chi connectivity index (χ4n) is 1.25. The van der Waals surface area contributed by atoms with Crippen LogP contribution in [0.25, 0.3) is 6.20 Å². The van der Waals surface area contributed by atoms with Crippen LogP contribution in [-0.2, 0) is 4.79 Å². The molecule has 2 heterocycles. The first-order chi connectivity index (χ1) is 7.59. The van der Waals surface area contributed by atoms with Gasteiger partial charge >= 0.3 is 0 Å². The lowest BCUT2D eigenvalue weighted by atomic mass is 10.4. The maximum Gasteiger partial charge on any atom is 0.276 e. The number of nitrogen functional groups attached to an aromatic ring is 1. The molecule has 1 saturated heterocycles. The summed E-state index contributed by atoms with van der Waals surface area (Å²) in [6, 6.07) is 5.45. The molecule has 4 nitrogen and oxygen atoms in total. The van der Waals surface area contributed by atoms with Gasteiger partial charge in [0.1, 0.15) is 15.4 Å². The number of amides is 1. The topological polar surface area (TPSA) is 50.2 Å². The van der Waals surface area contributed by atoms with Crippen LogP contribution in [0, 0.1) is 0 Å². The summed E-state index contributed by atoms with van der Waals surface area (Å²) < 4.78 is 2.26. The lowest BCUT2D eigenvalue weighted by molar-refractivity contribution is -0.552.